The lowest BCUT2D eigenvalue weighted by Crippen LogP contribution is -2.09. The number of amides is 1. The number of carbonyl (C=O) groups excluding carboxylic acids is 1. The third kappa shape index (κ3) is 3.87. The predicted octanol–water partition coefficient (Wildman–Crippen LogP) is 1.83. The molecule has 2 N–H and O–H groups in total. The summed E-state index contributed by atoms with van der Waals surface area (Å²) in [5.41, 5.74) is -0.0543. The van der Waals surface area contributed by atoms with E-state index in [1.807, 2.05) is 0 Å². The van der Waals surface area contributed by atoms with Crippen LogP contribution in [0.1, 0.15) is 0 Å². The Morgan fingerprint density at radius 3 is 2.56 bits per heavy atom. The Hall–Kier alpha value is -2.41. The second-order valence-corrected chi connectivity index (χ2v) is 3.49. The monoisotopic (exact) mass is 270 g/mol. The average molecular weight is 271 g/mol. The molecule has 7 nitrogen and oxygen atoms in total. The molecule has 1 amide bonds. The van der Waals surface area contributed by atoms with Crippen LogP contribution in [0.15, 0.2) is 30.4 Å². The molecule has 0 aliphatic carbocycles. The highest BCUT2D eigenvalue weighted by atomic mass is 35.5. The van der Waals surface area contributed by atoms with Gasteiger partial charge in [-0.05, 0) is 6.07 Å². The molecule has 0 aromatic heterocycles. The van der Waals surface area contributed by atoms with Gasteiger partial charge >= 0.3 is 5.97 Å². The topological polar surface area (TPSA) is 110 Å². The number of nitrogens with zero attached hydrogens (tertiary/aromatic N) is 1. The third-order valence-corrected chi connectivity index (χ3v) is 2.11. The molecular weight excluding hydrogens is 264 g/mol. The minimum absolute atomic E-state index is 0.0127. The zero-order chi connectivity index (χ0) is 13.7. The highest BCUT2D eigenvalue weighted by Crippen LogP contribution is 2.26. The van der Waals surface area contributed by atoms with Gasteiger partial charge < -0.3 is 10.4 Å². The van der Waals surface area contributed by atoms with Crippen molar-refractivity contribution in [2.24, 2.45) is 0 Å². The minimum atomic E-state index is -1.26. The van der Waals surface area contributed by atoms with Gasteiger partial charge in [-0.3, -0.25) is 14.9 Å². The number of carboxylic acids is 1. The number of anilines is 1. The fraction of sp³-hybridized carbons (Fsp3) is 0. The van der Waals surface area contributed by atoms with E-state index in [0.717, 1.165) is 12.1 Å². The van der Waals surface area contributed by atoms with Gasteiger partial charge in [0.25, 0.3) is 5.69 Å². The van der Waals surface area contributed by atoms with Crippen LogP contribution >= 0.6 is 11.6 Å². The summed E-state index contributed by atoms with van der Waals surface area (Å²) in [6.07, 6.45) is 1.47. The number of benzene rings is 1. The predicted molar refractivity (Wildman–Crippen MR) is 63.5 cm³/mol. The van der Waals surface area contributed by atoms with Crippen LogP contribution in [-0.2, 0) is 9.59 Å². The number of rotatable bonds is 4. The lowest BCUT2D eigenvalue weighted by Gasteiger charge is -2.04. The molecule has 0 radical (unpaired) electrons. The molecule has 0 bridgehead atoms. The highest BCUT2D eigenvalue weighted by Gasteiger charge is 2.10. The summed E-state index contributed by atoms with van der Waals surface area (Å²) in [4.78, 5) is 31.2. The zero-order valence-electron chi connectivity index (χ0n) is 8.79. The van der Waals surface area contributed by atoms with Gasteiger partial charge in [0.1, 0.15) is 0 Å². The minimum Gasteiger partial charge on any atom is -0.478 e. The number of non-ortho nitro benzene ring substituents is 1. The fourth-order valence-electron chi connectivity index (χ4n) is 1.04. The van der Waals surface area contributed by atoms with Crippen molar-refractivity contribution >= 4 is 34.9 Å². The molecule has 0 aliphatic rings. The van der Waals surface area contributed by atoms with Crippen LogP contribution in [0.3, 0.4) is 0 Å². The van der Waals surface area contributed by atoms with Crippen LogP contribution in [0.4, 0.5) is 11.4 Å². The largest absolute Gasteiger partial charge is 0.478 e. The lowest BCUT2D eigenvalue weighted by molar-refractivity contribution is -0.384. The van der Waals surface area contributed by atoms with Gasteiger partial charge in [-0.15, -0.1) is 0 Å². The Morgan fingerprint density at radius 2 is 2.06 bits per heavy atom. The van der Waals surface area contributed by atoms with Gasteiger partial charge in [-0.1, -0.05) is 11.6 Å². The van der Waals surface area contributed by atoms with Gasteiger partial charge in [0.15, 0.2) is 0 Å². The van der Waals surface area contributed by atoms with E-state index in [0.29, 0.717) is 6.08 Å². The van der Waals surface area contributed by atoms with Gasteiger partial charge in [0.2, 0.25) is 5.91 Å². The summed E-state index contributed by atoms with van der Waals surface area (Å²) >= 11 is 5.72. The first kappa shape index (κ1) is 13.7. The molecule has 0 fully saturated rings. The normalized spacial score (nSPS) is 10.3. The molecule has 0 atom stereocenters. The van der Waals surface area contributed by atoms with E-state index in [4.69, 9.17) is 16.7 Å². The first-order valence-corrected chi connectivity index (χ1v) is 4.94. The summed E-state index contributed by atoms with van der Waals surface area (Å²) < 4.78 is 0. The van der Waals surface area contributed by atoms with Gasteiger partial charge in [0.05, 0.1) is 15.6 Å². The van der Waals surface area contributed by atoms with Gasteiger partial charge in [-0.25, -0.2) is 4.79 Å². The van der Waals surface area contributed by atoms with Crippen molar-refractivity contribution < 1.29 is 19.6 Å². The summed E-state index contributed by atoms with van der Waals surface area (Å²) in [5.74, 6) is -1.96. The fourth-order valence-corrected chi connectivity index (χ4v) is 1.26. The summed E-state index contributed by atoms with van der Waals surface area (Å²) in [7, 11) is 0. The van der Waals surface area contributed by atoms with Gasteiger partial charge in [-0.2, -0.15) is 0 Å². The van der Waals surface area contributed by atoms with Crippen LogP contribution in [-0.4, -0.2) is 21.9 Å². The Labute approximate surface area is 106 Å². The molecule has 1 rings (SSSR count). The van der Waals surface area contributed by atoms with E-state index in [9.17, 15) is 19.7 Å². The van der Waals surface area contributed by atoms with E-state index >= 15 is 0 Å². The summed E-state index contributed by atoms with van der Waals surface area (Å²) in [6, 6.07) is 3.51. The maximum absolute atomic E-state index is 11.2. The van der Waals surface area contributed by atoms with Crippen LogP contribution in [0.25, 0.3) is 0 Å². The number of hydrogen-bond acceptors (Lipinski definition) is 4. The van der Waals surface area contributed by atoms with E-state index < -0.39 is 16.8 Å². The molecule has 18 heavy (non-hydrogen) atoms. The molecule has 0 saturated carbocycles. The van der Waals surface area contributed by atoms with Gasteiger partial charge in [0, 0.05) is 24.3 Å². The van der Waals surface area contributed by atoms with Crippen LogP contribution in [0.2, 0.25) is 5.02 Å². The van der Waals surface area contributed by atoms with E-state index in [1.165, 1.54) is 12.1 Å². The maximum atomic E-state index is 11.2. The first-order valence-electron chi connectivity index (χ1n) is 4.56. The Kier molecular flexibility index (Phi) is 4.39. The van der Waals surface area contributed by atoms with E-state index in [-0.39, 0.29) is 16.4 Å². The van der Waals surface area contributed by atoms with Crippen molar-refractivity contribution in [3.63, 3.8) is 0 Å². The zero-order valence-corrected chi connectivity index (χ0v) is 9.55. The number of aliphatic carboxylic acids is 1. The molecule has 0 saturated heterocycles. The molecular formula is C10H7ClN2O5. The summed E-state index contributed by atoms with van der Waals surface area (Å²) in [6.45, 7) is 0. The second kappa shape index (κ2) is 5.78. The molecule has 0 unspecified atom stereocenters. The number of nitrogens with one attached hydrogen (secondary N) is 1. The maximum Gasteiger partial charge on any atom is 0.328 e. The van der Waals surface area contributed by atoms with Crippen molar-refractivity contribution in [2.75, 3.05) is 5.32 Å². The first-order chi connectivity index (χ1) is 8.40. The Morgan fingerprint density at radius 1 is 1.39 bits per heavy atom. The molecule has 0 heterocycles. The van der Waals surface area contributed by atoms with Crippen molar-refractivity contribution in [1.82, 2.24) is 0 Å². The average Bonchev–Trinajstić information content (AvgIpc) is 2.29. The van der Waals surface area contributed by atoms with Crippen LogP contribution < -0.4 is 5.32 Å². The standard InChI is InChI=1S/C10H7ClN2O5/c11-7-5-6(13(17)18)1-2-8(7)12-9(14)3-4-10(15)16/h1-5H,(H,12,14)(H,15,16)/b4-3-. The van der Waals surface area contributed by atoms with Crippen molar-refractivity contribution in [1.29, 1.82) is 0 Å². The van der Waals surface area contributed by atoms with E-state index in [1.54, 1.807) is 0 Å². The van der Waals surface area contributed by atoms with Crippen molar-refractivity contribution in [3.8, 4) is 0 Å². The Bertz CT molecular complexity index is 541. The number of carbonyl (C=O) groups is 2. The molecule has 1 aromatic rings. The Balaban J connectivity index is 2.83. The second-order valence-electron chi connectivity index (χ2n) is 3.08. The number of nitro benzene ring substituents is 1. The smallest absolute Gasteiger partial charge is 0.328 e. The molecule has 8 heteroatoms. The summed E-state index contributed by atoms with van der Waals surface area (Å²) in [5, 5.41) is 21.0. The molecule has 94 valence electrons. The van der Waals surface area contributed by atoms with Crippen LogP contribution in [0, 0.1) is 10.1 Å². The number of halogens is 1. The highest BCUT2D eigenvalue weighted by molar-refractivity contribution is 6.34. The number of carboxylic acid groups (broad SMARTS) is 1. The quantitative estimate of drug-likeness (QED) is 0.493. The van der Waals surface area contributed by atoms with Crippen LogP contribution in [0.5, 0.6) is 0 Å². The molecule has 1 aromatic carbocycles. The number of nitro groups is 1. The lowest BCUT2D eigenvalue weighted by atomic mass is 10.3. The number of hydrogen-bond donors (Lipinski definition) is 2. The molecule has 0 aliphatic heterocycles. The van der Waals surface area contributed by atoms with Crippen molar-refractivity contribution in [3.05, 3.63) is 45.5 Å². The van der Waals surface area contributed by atoms with E-state index in [2.05, 4.69) is 5.32 Å². The SMILES string of the molecule is O=C(O)/C=C\C(=O)Nc1ccc([N+](=O)[O-])cc1Cl. The van der Waals surface area contributed by atoms with Crippen molar-refractivity contribution in [2.45, 2.75) is 0 Å². The third-order valence-electron chi connectivity index (χ3n) is 1.80. The molecule has 0 spiro atoms.